The highest BCUT2D eigenvalue weighted by atomic mass is 16.5. The molecule has 10 nitrogen and oxygen atoms in total. The van der Waals surface area contributed by atoms with Crippen molar-refractivity contribution in [3.05, 3.63) is 54.2 Å². The lowest BCUT2D eigenvalue weighted by Crippen LogP contribution is -2.30. The van der Waals surface area contributed by atoms with Gasteiger partial charge in [0.25, 0.3) is 5.91 Å². The van der Waals surface area contributed by atoms with Gasteiger partial charge in [-0.05, 0) is 38.1 Å². The minimum atomic E-state index is -0.435. The fraction of sp³-hybridized carbons (Fsp3) is 0.227. The van der Waals surface area contributed by atoms with Crippen LogP contribution in [0.2, 0.25) is 0 Å². The van der Waals surface area contributed by atoms with Crippen LogP contribution in [-0.4, -0.2) is 34.9 Å². The van der Waals surface area contributed by atoms with E-state index in [1.165, 1.54) is 4.68 Å². The molecule has 3 aromatic rings. The van der Waals surface area contributed by atoms with Crippen LogP contribution in [0.25, 0.3) is 11.3 Å². The number of nitrogens with one attached hydrogen (secondary N) is 3. The Bertz CT molecular complexity index is 1090. The molecule has 0 spiro atoms. The van der Waals surface area contributed by atoms with Gasteiger partial charge in [-0.15, -0.1) is 0 Å². The number of hydrogen-bond acceptors (Lipinski definition) is 6. The van der Waals surface area contributed by atoms with Crippen LogP contribution in [0.1, 0.15) is 24.2 Å². The molecule has 1 aromatic heterocycles. The van der Waals surface area contributed by atoms with Gasteiger partial charge >= 0.3 is 6.03 Å². The molecule has 2 aromatic carbocycles. The summed E-state index contributed by atoms with van der Waals surface area (Å²) in [7, 11) is 1.72. The summed E-state index contributed by atoms with van der Waals surface area (Å²) in [5.41, 5.74) is 4.75. The average Bonchev–Trinajstić information content (AvgIpc) is 3.17. The van der Waals surface area contributed by atoms with E-state index in [2.05, 4.69) is 21.2 Å². The number of benzene rings is 2. The van der Waals surface area contributed by atoms with Crippen LogP contribution in [0, 0.1) is 0 Å². The lowest BCUT2D eigenvalue weighted by molar-refractivity contribution is 0.0954. The molecule has 3 rings (SSSR count). The van der Waals surface area contributed by atoms with Gasteiger partial charge in [0.15, 0.2) is 0 Å². The molecule has 0 aliphatic rings. The van der Waals surface area contributed by atoms with E-state index < -0.39 is 11.9 Å². The second kappa shape index (κ2) is 10.3. The minimum Gasteiger partial charge on any atom is -0.494 e. The Morgan fingerprint density at radius 3 is 2.41 bits per heavy atom. The van der Waals surface area contributed by atoms with E-state index in [1.807, 2.05) is 13.8 Å². The minimum absolute atomic E-state index is 0.354. The van der Waals surface area contributed by atoms with E-state index in [9.17, 15) is 9.59 Å². The van der Waals surface area contributed by atoms with Crippen LogP contribution < -0.4 is 31.4 Å². The number of urea groups is 1. The molecule has 5 N–H and O–H groups in total. The van der Waals surface area contributed by atoms with Gasteiger partial charge < -0.3 is 20.1 Å². The molecule has 0 fully saturated rings. The second-order valence-corrected chi connectivity index (χ2v) is 6.72. The monoisotopic (exact) mass is 438 g/mol. The maximum absolute atomic E-state index is 12.5. The van der Waals surface area contributed by atoms with Crippen LogP contribution >= 0.6 is 0 Å². The molecule has 32 heavy (non-hydrogen) atoms. The Morgan fingerprint density at radius 1 is 1.03 bits per heavy atom. The molecule has 0 aliphatic heterocycles. The summed E-state index contributed by atoms with van der Waals surface area (Å²) in [5, 5.41) is 9.87. The van der Waals surface area contributed by atoms with Gasteiger partial charge in [0, 0.05) is 30.6 Å². The molecule has 3 amide bonds. The zero-order chi connectivity index (χ0) is 23.1. The Labute approximate surface area is 185 Å². The van der Waals surface area contributed by atoms with Gasteiger partial charge in [0.1, 0.15) is 17.2 Å². The summed E-state index contributed by atoms with van der Waals surface area (Å²) in [4.78, 5) is 24.5. The maximum Gasteiger partial charge on any atom is 0.323 e. The van der Waals surface area contributed by atoms with Gasteiger partial charge in [-0.2, -0.15) is 5.10 Å². The number of nitrogens with zero attached hydrogens (tertiary/aromatic N) is 2. The predicted molar refractivity (Wildman–Crippen MR) is 122 cm³/mol. The fourth-order valence-electron chi connectivity index (χ4n) is 3.08. The molecule has 10 heteroatoms. The number of nitrogen functional groups attached to an aromatic ring is 1. The number of hydrazine groups is 1. The molecule has 0 atom stereocenters. The molecule has 0 radical (unpaired) electrons. The van der Waals surface area contributed by atoms with Gasteiger partial charge in [0.05, 0.1) is 24.5 Å². The Morgan fingerprint density at radius 2 is 1.75 bits per heavy atom. The van der Waals surface area contributed by atoms with Crippen LogP contribution in [0.4, 0.5) is 16.2 Å². The number of anilines is 2. The molecule has 0 saturated carbocycles. The Kier molecular flexibility index (Phi) is 7.29. The highest BCUT2D eigenvalue weighted by Crippen LogP contribution is 2.30. The Hall–Kier alpha value is -4.05. The van der Waals surface area contributed by atoms with Gasteiger partial charge in [0.2, 0.25) is 0 Å². The number of aryl methyl sites for hydroxylation is 1. The van der Waals surface area contributed by atoms with E-state index in [0.29, 0.717) is 52.9 Å². The van der Waals surface area contributed by atoms with Crippen LogP contribution in [0.3, 0.4) is 0 Å². The third kappa shape index (κ3) is 5.35. The molecule has 0 bridgehead atoms. The normalized spacial score (nSPS) is 10.4. The van der Waals surface area contributed by atoms with Crippen molar-refractivity contribution >= 4 is 23.3 Å². The van der Waals surface area contributed by atoms with E-state index in [-0.39, 0.29) is 0 Å². The van der Waals surface area contributed by atoms with Crippen molar-refractivity contribution in [1.82, 2.24) is 15.2 Å². The topological polar surface area (TPSA) is 133 Å². The molecule has 1 heterocycles. The number of rotatable bonds is 8. The third-order valence-corrected chi connectivity index (χ3v) is 4.43. The molecular weight excluding hydrogens is 412 g/mol. The van der Waals surface area contributed by atoms with Crippen molar-refractivity contribution in [2.45, 2.75) is 13.8 Å². The molecule has 0 aliphatic carbocycles. The largest absolute Gasteiger partial charge is 0.494 e. The van der Waals surface area contributed by atoms with Gasteiger partial charge in [-0.25, -0.2) is 10.6 Å². The smallest absolute Gasteiger partial charge is 0.323 e. The average molecular weight is 438 g/mol. The molecule has 0 unspecified atom stereocenters. The summed E-state index contributed by atoms with van der Waals surface area (Å²) in [6.45, 7) is 4.74. The fourth-order valence-corrected chi connectivity index (χ4v) is 3.08. The first-order chi connectivity index (χ1) is 15.4. The first-order valence-electron chi connectivity index (χ1n) is 10.1. The van der Waals surface area contributed by atoms with E-state index >= 15 is 0 Å². The number of nitrogens with two attached hydrogens (primary N) is 1. The third-order valence-electron chi connectivity index (χ3n) is 4.43. The number of carbonyl (C=O) groups is 2. The van der Waals surface area contributed by atoms with Crippen molar-refractivity contribution in [2.75, 3.05) is 23.8 Å². The zero-order valence-electron chi connectivity index (χ0n) is 18.1. The number of aromatic nitrogens is 2. The lowest BCUT2D eigenvalue weighted by atomic mass is 10.1. The summed E-state index contributed by atoms with van der Waals surface area (Å²) >= 11 is 0. The van der Waals surface area contributed by atoms with Crippen molar-refractivity contribution in [3.63, 3.8) is 0 Å². The van der Waals surface area contributed by atoms with Crippen molar-refractivity contribution < 1.29 is 19.1 Å². The van der Waals surface area contributed by atoms with Crippen molar-refractivity contribution in [1.29, 1.82) is 0 Å². The van der Waals surface area contributed by atoms with Crippen LogP contribution in [0.15, 0.2) is 48.7 Å². The number of ether oxygens (including phenoxy) is 2. The van der Waals surface area contributed by atoms with Crippen molar-refractivity contribution in [3.8, 4) is 22.8 Å². The summed E-state index contributed by atoms with van der Waals surface area (Å²) in [6, 6.07) is 11.7. The first kappa shape index (κ1) is 22.6. The highest BCUT2D eigenvalue weighted by Gasteiger charge is 2.16. The van der Waals surface area contributed by atoms with Crippen molar-refractivity contribution in [2.24, 2.45) is 12.9 Å². The zero-order valence-corrected chi connectivity index (χ0v) is 18.1. The molecule has 168 valence electrons. The number of carbonyl (C=O) groups excluding carboxylic acids is 2. The van der Waals surface area contributed by atoms with E-state index in [1.54, 1.807) is 55.7 Å². The standard InChI is InChI=1S/C22H26N6O4/c1-4-31-16-10-11-18(19(12-16)32-5-2)25-22(30)24-15-8-6-14(7-9-15)20-17(21(29)26-23)13-28(3)27-20/h6-13H,4-5,23H2,1-3H3,(H,26,29)(H2,24,25,30). The Balaban J connectivity index is 1.71. The van der Waals surface area contributed by atoms with Crippen LogP contribution in [0.5, 0.6) is 11.5 Å². The number of amides is 3. The number of hydrogen-bond donors (Lipinski definition) is 4. The highest BCUT2D eigenvalue weighted by molar-refractivity contribution is 6.01. The maximum atomic E-state index is 12.5. The SMILES string of the molecule is CCOc1ccc(NC(=O)Nc2ccc(-c3nn(C)cc3C(=O)NN)cc2)c(OCC)c1. The van der Waals surface area contributed by atoms with Crippen LogP contribution in [-0.2, 0) is 7.05 Å². The summed E-state index contributed by atoms with van der Waals surface area (Å²) in [5.74, 6) is 5.99. The summed E-state index contributed by atoms with van der Waals surface area (Å²) < 4.78 is 12.6. The quantitative estimate of drug-likeness (QED) is 0.243. The molecular formula is C22H26N6O4. The first-order valence-corrected chi connectivity index (χ1v) is 10.1. The molecule has 0 saturated heterocycles. The van der Waals surface area contributed by atoms with Gasteiger partial charge in [-0.3, -0.25) is 14.9 Å². The predicted octanol–water partition coefficient (Wildman–Crippen LogP) is 3.13. The second-order valence-electron chi connectivity index (χ2n) is 6.72. The lowest BCUT2D eigenvalue weighted by Gasteiger charge is -2.14. The van der Waals surface area contributed by atoms with Gasteiger partial charge in [-0.1, -0.05) is 12.1 Å². The van der Waals surface area contributed by atoms with E-state index in [4.69, 9.17) is 15.3 Å². The van der Waals surface area contributed by atoms with E-state index in [0.717, 1.165) is 0 Å². The summed E-state index contributed by atoms with van der Waals surface area (Å²) in [6.07, 6.45) is 1.59.